The molecule has 0 aromatic heterocycles. The van der Waals surface area contributed by atoms with E-state index in [1.807, 2.05) is 0 Å². The van der Waals surface area contributed by atoms with E-state index in [0.29, 0.717) is 6.42 Å². The summed E-state index contributed by atoms with van der Waals surface area (Å²) in [5, 5.41) is 12.3. The van der Waals surface area contributed by atoms with Gasteiger partial charge in [-0.1, -0.05) is 0 Å². The molecule has 1 heterocycles. The van der Waals surface area contributed by atoms with Crippen LogP contribution in [0.1, 0.15) is 19.3 Å². The SMILES string of the molecule is CS(=O)(=O)CCC1(CO)CCCN1. The van der Waals surface area contributed by atoms with Crippen LogP contribution in [0.3, 0.4) is 0 Å². The second kappa shape index (κ2) is 3.94. The lowest BCUT2D eigenvalue weighted by atomic mass is 9.96. The Labute approximate surface area is 79.3 Å². The van der Waals surface area contributed by atoms with Gasteiger partial charge in [-0.15, -0.1) is 0 Å². The van der Waals surface area contributed by atoms with E-state index >= 15 is 0 Å². The summed E-state index contributed by atoms with van der Waals surface area (Å²) in [6.45, 7) is 0.910. The van der Waals surface area contributed by atoms with Crippen molar-refractivity contribution in [2.75, 3.05) is 25.2 Å². The lowest BCUT2D eigenvalue weighted by Crippen LogP contribution is -2.44. The van der Waals surface area contributed by atoms with Crippen molar-refractivity contribution in [2.45, 2.75) is 24.8 Å². The zero-order valence-electron chi connectivity index (χ0n) is 7.91. The van der Waals surface area contributed by atoms with Crippen LogP contribution in [0.25, 0.3) is 0 Å². The molecular weight excluding hydrogens is 190 g/mol. The largest absolute Gasteiger partial charge is 0.394 e. The van der Waals surface area contributed by atoms with Crippen molar-refractivity contribution in [1.29, 1.82) is 0 Å². The quantitative estimate of drug-likeness (QED) is 0.654. The second-order valence-corrected chi connectivity index (χ2v) is 6.11. The molecule has 0 saturated carbocycles. The molecule has 0 aromatic rings. The Morgan fingerprint density at radius 1 is 1.54 bits per heavy atom. The highest BCUT2D eigenvalue weighted by Crippen LogP contribution is 2.22. The molecular formula is C8H17NO3S. The molecule has 1 rings (SSSR count). The van der Waals surface area contributed by atoms with Crippen LogP contribution in [0.4, 0.5) is 0 Å². The number of nitrogens with one attached hydrogen (secondary N) is 1. The fourth-order valence-corrected chi connectivity index (χ4v) is 2.44. The third-order valence-corrected chi connectivity index (χ3v) is 3.53. The Morgan fingerprint density at radius 3 is 2.62 bits per heavy atom. The highest BCUT2D eigenvalue weighted by molar-refractivity contribution is 7.90. The van der Waals surface area contributed by atoms with Crippen molar-refractivity contribution in [3.8, 4) is 0 Å². The minimum atomic E-state index is -2.91. The monoisotopic (exact) mass is 207 g/mol. The average Bonchev–Trinajstić information content (AvgIpc) is 2.49. The predicted octanol–water partition coefficient (Wildman–Crippen LogP) is -0.464. The van der Waals surface area contributed by atoms with Gasteiger partial charge in [-0.05, 0) is 25.8 Å². The zero-order chi connectivity index (χ0) is 9.95. The minimum Gasteiger partial charge on any atom is -0.394 e. The van der Waals surface area contributed by atoms with Gasteiger partial charge in [0.15, 0.2) is 0 Å². The molecule has 5 heteroatoms. The van der Waals surface area contributed by atoms with E-state index in [2.05, 4.69) is 5.32 Å². The van der Waals surface area contributed by atoms with Gasteiger partial charge in [0.1, 0.15) is 9.84 Å². The van der Waals surface area contributed by atoms with Crippen LogP contribution in [0.5, 0.6) is 0 Å². The predicted molar refractivity (Wildman–Crippen MR) is 51.4 cm³/mol. The van der Waals surface area contributed by atoms with Crippen LogP contribution in [0, 0.1) is 0 Å². The smallest absolute Gasteiger partial charge is 0.147 e. The molecule has 1 unspecified atom stereocenters. The number of rotatable bonds is 4. The molecule has 13 heavy (non-hydrogen) atoms. The topological polar surface area (TPSA) is 66.4 Å². The van der Waals surface area contributed by atoms with Crippen LogP contribution in [-0.2, 0) is 9.84 Å². The summed E-state index contributed by atoms with van der Waals surface area (Å²) >= 11 is 0. The summed E-state index contributed by atoms with van der Waals surface area (Å²) in [6.07, 6.45) is 3.64. The first kappa shape index (κ1) is 10.9. The Morgan fingerprint density at radius 2 is 2.23 bits per heavy atom. The molecule has 0 bridgehead atoms. The van der Waals surface area contributed by atoms with Crippen molar-refractivity contribution in [3.05, 3.63) is 0 Å². The van der Waals surface area contributed by atoms with Crippen LogP contribution < -0.4 is 5.32 Å². The highest BCUT2D eigenvalue weighted by atomic mass is 32.2. The Kier molecular flexibility index (Phi) is 3.32. The van der Waals surface area contributed by atoms with E-state index in [-0.39, 0.29) is 17.9 Å². The van der Waals surface area contributed by atoms with Gasteiger partial charge in [0, 0.05) is 11.8 Å². The lowest BCUT2D eigenvalue weighted by molar-refractivity contribution is 0.174. The molecule has 78 valence electrons. The fourth-order valence-electron chi connectivity index (χ4n) is 1.68. The minimum absolute atomic E-state index is 0.0303. The first-order valence-corrected chi connectivity index (χ1v) is 6.57. The molecule has 4 nitrogen and oxygen atoms in total. The van der Waals surface area contributed by atoms with Gasteiger partial charge in [-0.2, -0.15) is 0 Å². The number of aliphatic hydroxyl groups excluding tert-OH is 1. The lowest BCUT2D eigenvalue weighted by Gasteiger charge is -2.26. The maximum atomic E-state index is 10.9. The van der Waals surface area contributed by atoms with E-state index < -0.39 is 9.84 Å². The number of hydrogen-bond acceptors (Lipinski definition) is 4. The summed E-state index contributed by atoms with van der Waals surface area (Å²) in [7, 11) is -2.91. The summed E-state index contributed by atoms with van der Waals surface area (Å²) < 4.78 is 21.9. The second-order valence-electron chi connectivity index (χ2n) is 3.85. The first-order chi connectivity index (χ1) is 5.97. The zero-order valence-corrected chi connectivity index (χ0v) is 8.73. The molecule has 1 saturated heterocycles. The summed E-state index contributed by atoms with van der Waals surface area (Å²) in [5.74, 6) is 0.153. The molecule has 0 amide bonds. The standard InChI is InChI=1S/C8H17NO3S/c1-13(11,12)6-4-8(7-10)3-2-5-9-8/h9-10H,2-7H2,1H3. The van der Waals surface area contributed by atoms with Crippen molar-refractivity contribution in [2.24, 2.45) is 0 Å². The molecule has 1 aliphatic heterocycles. The van der Waals surface area contributed by atoms with Gasteiger partial charge in [0.25, 0.3) is 0 Å². The van der Waals surface area contributed by atoms with Gasteiger partial charge in [-0.3, -0.25) is 0 Å². The number of aliphatic hydroxyl groups is 1. The third kappa shape index (κ3) is 3.25. The molecule has 0 aliphatic carbocycles. The summed E-state index contributed by atoms with van der Waals surface area (Å²) in [5.41, 5.74) is -0.330. The van der Waals surface area contributed by atoms with Gasteiger partial charge in [0.05, 0.1) is 12.4 Å². The highest BCUT2D eigenvalue weighted by Gasteiger charge is 2.33. The van der Waals surface area contributed by atoms with Gasteiger partial charge < -0.3 is 10.4 Å². The normalized spacial score (nSPS) is 29.4. The molecule has 0 aromatic carbocycles. The fraction of sp³-hybridized carbons (Fsp3) is 1.00. The maximum absolute atomic E-state index is 10.9. The van der Waals surface area contributed by atoms with E-state index in [9.17, 15) is 8.42 Å². The van der Waals surface area contributed by atoms with E-state index in [1.54, 1.807) is 0 Å². The van der Waals surface area contributed by atoms with E-state index in [4.69, 9.17) is 5.11 Å². The maximum Gasteiger partial charge on any atom is 0.147 e. The van der Waals surface area contributed by atoms with Gasteiger partial charge >= 0.3 is 0 Å². The van der Waals surface area contributed by atoms with Crippen LogP contribution in [-0.4, -0.2) is 44.2 Å². The molecule has 1 aliphatic rings. The Hall–Kier alpha value is -0.130. The van der Waals surface area contributed by atoms with Gasteiger partial charge in [-0.25, -0.2) is 8.42 Å². The average molecular weight is 207 g/mol. The van der Waals surface area contributed by atoms with Crippen LogP contribution in [0.15, 0.2) is 0 Å². The number of hydrogen-bond donors (Lipinski definition) is 2. The molecule has 0 spiro atoms. The van der Waals surface area contributed by atoms with Crippen molar-refractivity contribution < 1.29 is 13.5 Å². The number of sulfone groups is 1. The molecule has 0 radical (unpaired) electrons. The Balaban J connectivity index is 2.50. The molecule has 1 fully saturated rings. The van der Waals surface area contributed by atoms with Crippen LogP contribution in [0.2, 0.25) is 0 Å². The molecule has 2 N–H and O–H groups in total. The van der Waals surface area contributed by atoms with Crippen molar-refractivity contribution >= 4 is 9.84 Å². The Bertz CT molecular complexity index is 255. The third-order valence-electron chi connectivity index (χ3n) is 2.59. The van der Waals surface area contributed by atoms with Crippen LogP contribution >= 0.6 is 0 Å². The molecule has 1 atom stereocenters. The first-order valence-electron chi connectivity index (χ1n) is 4.51. The summed E-state index contributed by atoms with van der Waals surface area (Å²) in [4.78, 5) is 0. The van der Waals surface area contributed by atoms with E-state index in [1.165, 1.54) is 6.26 Å². The van der Waals surface area contributed by atoms with Crippen molar-refractivity contribution in [1.82, 2.24) is 5.32 Å². The summed E-state index contributed by atoms with van der Waals surface area (Å²) in [6, 6.07) is 0. The van der Waals surface area contributed by atoms with E-state index in [0.717, 1.165) is 19.4 Å². The van der Waals surface area contributed by atoms with Crippen molar-refractivity contribution in [3.63, 3.8) is 0 Å². The van der Waals surface area contributed by atoms with Gasteiger partial charge in [0.2, 0.25) is 0 Å².